The van der Waals surface area contributed by atoms with Crippen molar-refractivity contribution in [3.8, 4) is 0 Å². The van der Waals surface area contributed by atoms with E-state index in [0.717, 1.165) is 18.2 Å². The Morgan fingerprint density at radius 3 is 2.69 bits per heavy atom. The Labute approximate surface area is 144 Å². The number of aryl methyl sites for hydroxylation is 1. The molecule has 0 unspecified atom stereocenters. The van der Waals surface area contributed by atoms with Crippen LogP contribution in [0.1, 0.15) is 28.0 Å². The molecule has 2 aromatic heterocycles. The molecule has 0 radical (unpaired) electrons. The molecule has 0 aromatic carbocycles. The number of alkyl halides is 3. The van der Waals surface area contributed by atoms with Crippen molar-refractivity contribution < 1.29 is 27.2 Å². The van der Waals surface area contributed by atoms with Crippen LogP contribution in [0.5, 0.6) is 0 Å². The van der Waals surface area contributed by atoms with E-state index in [1.807, 2.05) is 0 Å². The summed E-state index contributed by atoms with van der Waals surface area (Å²) in [5.41, 5.74) is -0.891. The van der Waals surface area contributed by atoms with E-state index in [4.69, 9.17) is 0 Å². The molecule has 6 nitrogen and oxygen atoms in total. The molecule has 0 atom stereocenters. The summed E-state index contributed by atoms with van der Waals surface area (Å²) < 4.78 is 51.3. The van der Waals surface area contributed by atoms with Gasteiger partial charge in [-0.15, -0.1) is 0 Å². The molecule has 0 aliphatic carbocycles. The Kier molecular flexibility index (Phi) is 4.58. The molecule has 0 fully saturated rings. The Morgan fingerprint density at radius 1 is 1.31 bits per heavy atom. The molecular weight excluding hydrogens is 356 g/mol. The van der Waals surface area contributed by atoms with Crippen LogP contribution in [0.2, 0.25) is 0 Å². The predicted octanol–water partition coefficient (Wildman–Crippen LogP) is 3.43. The lowest BCUT2D eigenvalue weighted by atomic mass is 10.1. The monoisotopic (exact) mass is 368 g/mol. The number of anilines is 2. The number of nitrogens with one attached hydrogen (secondary N) is 1. The number of urea groups is 1. The molecule has 1 N–H and O–H groups in total. The summed E-state index contributed by atoms with van der Waals surface area (Å²) in [7, 11) is 0. The number of hydrogen-bond acceptors (Lipinski definition) is 4. The molecule has 136 valence electrons. The van der Waals surface area contributed by atoms with Crippen molar-refractivity contribution in [2.45, 2.75) is 19.0 Å². The van der Waals surface area contributed by atoms with Gasteiger partial charge in [0.05, 0.1) is 5.56 Å². The van der Waals surface area contributed by atoms with Crippen molar-refractivity contribution in [1.29, 1.82) is 0 Å². The fourth-order valence-electron chi connectivity index (χ4n) is 2.57. The summed E-state index contributed by atoms with van der Waals surface area (Å²) in [5.74, 6) is -0.706. The van der Waals surface area contributed by atoms with Gasteiger partial charge in [-0.05, 0) is 36.6 Å². The predicted molar refractivity (Wildman–Crippen MR) is 83.5 cm³/mol. The Bertz CT molecular complexity index is 853. The molecule has 0 saturated heterocycles. The molecule has 0 spiro atoms. The molecular formula is C16H12F4N4O2. The number of carbonyl (C=O) groups excluding carboxylic acids is 2. The van der Waals surface area contributed by atoms with Gasteiger partial charge in [-0.1, -0.05) is 0 Å². The number of rotatable bonds is 2. The van der Waals surface area contributed by atoms with Crippen molar-refractivity contribution in [2.75, 3.05) is 16.8 Å². The highest BCUT2D eigenvalue weighted by molar-refractivity contribution is 6.01. The molecule has 1 aliphatic rings. The Hall–Kier alpha value is -3.04. The highest BCUT2D eigenvalue weighted by Crippen LogP contribution is 2.29. The standard InChI is InChI=1S/C16H12F4N4O2/c17-11-6-9-2-1-5-24(14(9)22-12(11)8-25)15(26)23-13-4-3-10(7-21-13)16(18,19)20/h3-4,6-8H,1-2,5H2,(H,21,23,26). The largest absolute Gasteiger partial charge is 0.417 e. The lowest BCUT2D eigenvalue weighted by Crippen LogP contribution is -2.39. The number of hydrogen-bond donors (Lipinski definition) is 1. The van der Waals surface area contributed by atoms with E-state index in [1.54, 1.807) is 0 Å². The van der Waals surface area contributed by atoms with Crippen LogP contribution < -0.4 is 10.2 Å². The van der Waals surface area contributed by atoms with Gasteiger partial charge in [-0.2, -0.15) is 13.2 Å². The van der Waals surface area contributed by atoms with E-state index in [-0.39, 0.29) is 24.5 Å². The van der Waals surface area contributed by atoms with Crippen molar-refractivity contribution >= 4 is 24.0 Å². The highest BCUT2D eigenvalue weighted by atomic mass is 19.4. The van der Waals surface area contributed by atoms with Crippen LogP contribution in [0, 0.1) is 5.82 Å². The van der Waals surface area contributed by atoms with E-state index in [9.17, 15) is 27.2 Å². The second-order valence-corrected chi connectivity index (χ2v) is 5.57. The van der Waals surface area contributed by atoms with Gasteiger partial charge in [-0.3, -0.25) is 15.0 Å². The maximum atomic E-state index is 13.7. The van der Waals surface area contributed by atoms with Crippen LogP contribution in [-0.2, 0) is 12.6 Å². The molecule has 3 heterocycles. The molecule has 10 heteroatoms. The SMILES string of the molecule is O=Cc1nc2c(cc1F)CCCN2C(=O)Nc1ccc(C(F)(F)F)cn1. The molecule has 1 aliphatic heterocycles. The summed E-state index contributed by atoms with van der Waals surface area (Å²) >= 11 is 0. The average molecular weight is 368 g/mol. The topological polar surface area (TPSA) is 75.2 Å². The first kappa shape index (κ1) is 17.8. The van der Waals surface area contributed by atoms with Gasteiger partial charge in [0.25, 0.3) is 0 Å². The van der Waals surface area contributed by atoms with Crippen molar-refractivity contribution in [1.82, 2.24) is 9.97 Å². The number of aldehydes is 1. The van der Waals surface area contributed by atoms with Crippen LogP contribution >= 0.6 is 0 Å². The third kappa shape index (κ3) is 3.48. The van der Waals surface area contributed by atoms with Gasteiger partial charge in [-0.25, -0.2) is 19.2 Å². The lowest BCUT2D eigenvalue weighted by Gasteiger charge is -2.28. The van der Waals surface area contributed by atoms with Gasteiger partial charge < -0.3 is 0 Å². The third-order valence-electron chi connectivity index (χ3n) is 3.83. The first-order chi connectivity index (χ1) is 12.3. The van der Waals surface area contributed by atoms with Crippen LogP contribution in [-0.4, -0.2) is 28.8 Å². The minimum atomic E-state index is -4.53. The molecule has 2 aromatic rings. The number of aromatic nitrogens is 2. The zero-order chi connectivity index (χ0) is 18.9. The molecule has 0 bridgehead atoms. The van der Waals surface area contributed by atoms with E-state index in [1.165, 1.54) is 4.90 Å². The molecule has 0 saturated carbocycles. The third-order valence-corrected chi connectivity index (χ3v) is 3.83. The first-order valence-electron chi connectivity index (χ1n) is 7.56. The summed E-state index contributed by atoms with van der Waals surface area (Å²) in [6.45, 7) is 0.260. The van der Waals surface area contributed by atoms with Crippen molar-refractivity contribution in [3.63, 3.8) is 0 Å². The van der Waals surface area contributed by atoms with Crippen LogP contribution in [0.3, 0.4) is 0 Å². The number of nitrogens with zero attached hydrogens (tertiary/aromatic N) is 3. The summed E-state index contributed by atoms with van der Waals surface area (Å²) in [5, 5.41) is 2.37. The van der Waals surface area contributed by atoms with Gasteiger partial charge in [0.15, 0.2) is 12.1 Å². The highest BCUT2D eigenvalue weighted by Gasteiger charge is 2.31. The van der Waals surface area contributed by atoms with Crippen molar-refractivity contribution in [3.05, 3.63) is 47.0 Å². The minimum Gasteiger partial charge on any atom is -0.296 e. The maximum Gasteiger partial charge on any atom is 0.417 e. The number of amides is 2. The second-order valence-electron chi connectivity index (χ2n) is 5.57. The van der Waals surface area contributed by atoms with Gasteiger partial charge in [0.2, 0.25) is 0 Å². The molecule has 2 amide bonds. The molecule has 26 heavy (non-hydrogen) atoms. The van der Waals surface area contributed by atoms with Gasteiger partial charge in [0, 0.05) is 12.7 Å². The fourth-order valence-corrected chi connectivity index (χ4v) is 2.57. The fraction of sp³-hybridized carbons (Fsp3) is 0.250. The van der Waals surface area contributed by atoms with E-state index in [0.29, 0.717) is 24.6 Å². The Morgan fingerprint density at radius 2 is 2.08 bits per heavy atom. The first-order valence-corrected chi connectivity index (χ1v) is 7.56. The quantitative estimate of drug-likeness (QED) is 0.651. The van der Waals surface area contributed by atoms with Crippen LogP contribution in [0.4, 0.5) is 34.0 Å². The number of halogens is 4. The molecule has 3 rings (SSSR count). The van der Waals surface area contributed by atoms with E-state index in [2.05, 4.69) is 15.3 Å². The number of pyridine rings is 2. The summed E-state index contributed by atoms with van der Waals surface area (Å²) in [6, 6.07) is 2.29. The maximum absolute atomic E-state index is 13.7. The van der Waals surface area contributed by atoms with Crippen molar-refractivity contribution in [2.24, 2.45) is 0 Å². The van der Waals surface area contributed by atoms with Gasteiger partial charge >= 0.3 is 12.2 Å². The van der Waals surface area contributed by atoms with Gasteiger partial charge in [0.1, 0.15) is 17.3 Å². The number of fused-ring (bicyclic) bond motifs is 1. The van der Waals surface area contributed by atoms with E-state index >= 15 is 0 Å². The van der Waals surface area contributed by atoms with E-state index < -0.39 is 29.3 Å². The minimum absolute atomic E-state index is 0.0761. The number of carbonyl (C=O) groups is 2. The lowest BCUT2D eigenvalue weighted by molar-refractivity contribution is -0.137. The smallest absolute Gasteiger partial charge is 0.296 e. The second kappa shape index (κ2) is 6.70. The summed E-state index contributed by atoms with van der Waals surface area (Å²) in [4.78, 5) is 31.9. The van der Waals surface area contributed by atoms with Crippen LogP contribution in [0.25, 0.3) is 0 Å². The zero-order valence-corrected chi connectivity index (χ0v) is 13.2. The Balaban J connectivity index is 1.82. The summed E-state index contributed by atoms with van der Waals surface area (Å²) in [6.07, 6.45) is -2.64. The van der Waals surface area contributed by atoms with Crippen LogP contribution in [0.15, 0.2) is 24.4 Å². The normalized spacial score (nSPS) is 13.9. The zero-order valence-electron chi connectivity index (χ0n) is 13.2. The average Bonchev–Trinajstić information content (AvgIpc) is 2.60.